The summed E-state index contributed by atoms with van der Waals surface area (Å²) < 4.78 is 31.1. The van der Waals surface area contributed by atoms with Crippen LogP contribution in [0.15, 0.2) is 23.1 Å². The molecule has 128 valence electrons. The fourth-order valence-corrected chi connectivity index (χ4v) is 2.96. The second kappa shape index (κ2) is 8.77. The highest BCUT2D eigenvalue weighted by atomic mass is 35.5. The van der Waals surface area contributed by atoms with E-state index in [4.69, 9.17) is 11.6 Å². The van der Waals surface area contributed by atoms with Crippen molar-refractivity contribution in [3.8, 4) is 0 Å². The van der Waals surface area contributed by atoms with Crippen molar-refractivity contribution in [1.29, 1.82) is 0 Å². The van der Waals surface area contributed by atoms with Gasteiger partial charge in [0, 0.05) is 24.2 Å². The summed E-state index contributed by atoms with van der Waals surface area (Å²) in [5.74, 6) is -0.455. The summed E-state index contributed by atoms with van der Waals surface area (Å²) in [7, 11) is -4.07. The first-order valence-corrected chi connectivity index (χ1v) is 8.44. The normalized spacial score (nSPS) is 11.2. The predicted octanol–water partition coefficient (Wildman–Crippen LogP) is 0.679. The van der Waals surface area contributed by atoms with Crippen molar-refractivity contribution in [3.63, 3.8) is 0 Å². The molecule has 0 heterocycles. The highest BCUT2D eigenvalue weighted by Gasteiger charge is 2.25. The Morgan fingerprint density at radius 3 is 2.70 bits per heavy atom. The molecule has 0 bridgehead atoms. The maximum absolute atomic E-state index is 12.1. The number of nitro groups is 1. The number of rotatable bonds is 9. The largest absolute Gasteiger partial charge is 0.465 e. The Balaban J connectivity index is 2.63. The molecule has 0 aliphatic rings. The van der Waals surface area contributed by atoms with Gasteiger partial charge in [-0.1, -0.05) is 11.6 Å². The number of sulfonamides is 1. The van der Waals surface area contributed by atoms with Gasteiger partial charge in [0.25, 0.3) is 5.69 Å². The molecule has 0 fully saturated rings. The van der Waals surface area contributed by atoms with Crippen LogP contribution in [0.25, 0.3) is 0 Å². The van der Waals surface area contributed by atoms with Gasteiger partial charge in [-0.3, -0.25) is 14.9 Å². The Kier molecular flexibility index (Phi) is 7.36. The average Bonchev–Trinajstić information content (AvgIpc) is 2.46. The third kappa shape index (κ3) is 6.10. The van der Waals surface area contributed by atoms with Gasteiger partial charge < -0.3 is 10.1 Å². The zero-order chi connectivity index (χ0) is 17.5. The molecule has 1 aromatic carbocycles. The van der Waals surface area contributed by atoms with Crippen molar-refractivity contribution in [2.75, 3.05) is 26.2 Å². The molecule has 1 aromatic rings. The van der Waals surface area contributed by atoms with Crippen LogP contribution in [0, 0.1) is 10.1 Å². The number of nitrogens with one attached hydrogen (secondary N) is 2. The number of benzene rings is 1. The third-order valence-corrected chi connectivity index (χ3v) is 4.32. The smallest absolute Gasteiger partial charge is 0.319 e. The third-order valence-electron chi connectivity index (χ3n) is 2.58. The number of nitro benzene ring substituents is 1. The van der Waals surface area contributed by atoms with Crippen LogP contribution in [0.5, 0.6) is 0 Å². The summed E-state index contributed by atoms with van der Waals surface area (Å²) in [5, 5.41) is 13.7. The van der Waals surface area contributed by atoms with E-state index in [1.165, 1.54) is 6.07 Å². The molecule has 0 saturated heterocycles. The van der Waals surface area contributed by atoms with Gasteiger partial charge in [-0.2, -0.15) is 0 Å². The molecular formula is C12H16ClN3O6S. The molecular weight excluding hydrogens is 350 g/mol. The molecule has 0 amide bonds. The van der Waals surface area contributed by atoms with Crippen molar-refractivity contribution < 1.29 is 22.9 Å². The van der Waals surface area contributed by atoms with Crippen LogP contribution in [0.2, 0.25) is 5.02 Å². The molecule has 11 heteroatoms. The Labute approximate surface area is 138 Å². The van der Waals surface area contributed by atoms with Gasteiger partial charge in [0.1, 0.15) is 0 Å². The van der Waals surface area contributed by atoms with E-state index in [0.29, 0.717) is 0 Å². The maximum Gasteiger partial charge on any atom is 0.319 e. The lowest BCUT2D eigenvalue weighted by molar-refractivity contribution is -0.387. The lowest BCUT2D eigenvalue weighted by atomic mass is 10.3. The minimum absolute atomic E-state index is 0.0540. The minimum atomic E-state index is -4.07. The molecule has 0 aliphatic heterocycles. The molecule has 2 N–H and O–H groups in total. The molecule has 0 aromatic heterocycles. The Hall–Kier alpha value is -1.75. The first-order chi connectivity index (χ1) is 10.8. The highest BCUT2D eigenvalue weighted by molar-refractivity contribution is 7.89. The predicted molar refractivity (Wildman–Crippen MR) is 82.8 cm³/mol. The van der Waals surface area contributed by atoms with E-state index in [9.17, 15) is 23.3 Å². The first-order valence-electron chi connectivity index (χ1n) is 6.58. The average molecular weight is 366 g/mol. The van der Waals surface area contributed by atoms with Gasteiger partial charge >= 0.3 is 5.97 Å². The molecule has 0 unspecified atom stereocenters. The molecule has 0 atom stereocenters. The second-order valence-electron chi connectivity index (χ2n) is 4.25. The number of hydrogen-bond acceptors (Lipinski definition) is 7. The van der Waals surface area contributed by atoms with Gasteiger partial charge in [-0.15, -0.1) is 0 Å². The summed E-state index contributed by atoms with van der Waals surface area (Å²) in [4.78, 5) is 20.7. The molecule has 1 rings (SSSR count). The van der Waals surface area contributed by atoms with Crippen molar-refractivity contribution in [1.82, 2.24) is 10.0 Å². The van der Waals surface area contributed by atoms with Gasteiger partial charge in [0.15, 0.2) is 4.90 Å². The molecule has 23 heavy (non-hydrogen) atoms. The van der Waals surface area contributed by atoms with Crippen LogP contribution in [0.3, 0.4) is 0 Å². The SMILES string of the molecule is CCOC(=O)CNCCNS(=O)(=O)c1ccc(Cl)cc1[N+](=O)[O-]. The number of carbonyl (C=O) groups is 1. The summed E-state index contributed by atoms with van der Waals surface area (Å²) in [6, 6.07) is 3.28. The van der Waals surface area contributed by atoms with E-state index in [1.807, 2.05) is 0 Å². The number of ether oxygens (including phenoxy) is 1. The van der Waals surface area contributed by atoms with Crippen molar-refractivity contribution in [3.05, 3.63) is 33.3 Å². The van der Waals surface area contributed by atoms with E-state index >= 15 is 0 Å². The molecule has 0 saturated carbocycles. The van der Waals surface area contributed by atoms with E-state index in [2.05, 4.69) is 14.8 Å². The zero-order valence-corrected chi connectivity index (χ0v) is 13.8. The van der Waals surface area contributed by atoms with E-state index in [1.54, 1.807) is 6.92 Å². The van der Waals surface area contributed by atoms with Crippen LogP contribution < -0.4 is 10.0 Å². The summed E-state index contributed by atoms with van der Waals surface area (Å²) in [6.45, 7) is 1.97. The fourth-order valence-electron chi connectivity index (χ4n) is 1.61. The standard InChI is InChI=1S/C12H16ClN3O6S/c1-2-22-12(17)8-14-5-6-15-23(20,21)11-4-3-9(13)7-10(11)16(18)19/h3-4,7,14-15H,2,5-6,8H2,1H3. The lowest BCUT2D eigenvalue weighted by Gasteiger charge is -2.08. The summed E-state index contributed by atoms with van der Waals surface area (Å²) >= 11 is 5.64. The van der Waals surface area contributed by atoms with Crippen LogP contribution >= 0.6 is 11.6 Å². The number of carbonyl (C=O) groups excluding carboxylic acids is 1. The van der Waals surface area contributed by atoms with Crippen LogP contribution in [0.4, 0.5) is 5.69 Å². The summed E-state index contributed by atoms with van der Waals surface area (Å²) in [6.07, 6.45) is 0. The lowest BCUT2D eigenvalue weighted by Crippen LogP contribution is -2.34. The van der Waals surface area contributed by atoms with Crippen molar-refractivity contribution in [2.24, 2.45) is 0 Å². The second-order valence-corrected chi connectivity index (χ2v) is 6.42. The minimum Gasteiger partial charge on any atom is -0.465 e. The Bertz CT molecular complexity index is 679. The molecule has 9 nitrogen and oxygen atoms in total. The summed E-state index contributed by atoms with van der Waals surface area (Å²) in [5.41, 5.74) is -0.607. The number of halogens is 1. The van der Waals surface area contributed by atoms with E-state index in [-0.39, 0.29) is 31.3 Å². The Morgan fingerprint density at radius 1 is 1.39 bits per heavy atom. The van der Waals surface area contributed by atoms with Crippen molar-refractivity contribution in [2.45, 2.75) is 11.8 Å². The zero-order valence-electron chi connectivity index (χ0n) is 12.2. The van der Waals surface area contributed by atoms with E-state index < -0.39 is 31.5 Å². The van der Waals surface area contributed by atoms with Crippen LogP contribution in [0.1, 0.15) is 6.92 Å². The maximum atomic E-state index is 12.1. The molecule has 0 radical (unpaired) electrons. The van der Waals surface area contributed by atoms with E-state index in [0.717, 1.165) is 12.1 Å². The van der Waals surface area contributed by atoms with Gasteiger partial charge in [0.05, 0.1) is 18.1 Å². The number of nitrogens with zero attached hydrogens (tertiary/aromatic N) is 1. The van der Waals surface area contributed by atoms with Crippen LogP contribution in [-0.2, 0) is 19.6 Å². The monoisotopic (exact) mass is 365 g/mol. The number of esters is 1. The van der Waals surface area contributed by atoms with Gasteiger partial charge in [-0.25, -0.2) is 13.1 Å². The topological polar surface area (TPSA) is 128 Å². The van der Waals surface area contributed by atoms with Gasteiger partial charge in [0.2, 0.25) is 10.0 Å². The first kappa shape index (κ1) is 19.3. The van der Waals surface area contributed by atoms with Crippen molar-refractivity contribution >= 4 is 33.3 Å². The van der Waals surface area contributed by atoms with Crippen LogP contribution in [-0.4, -0.2) is 45.6 Å². The quantitative estimate of drug-likeness (QED) is 0.285. The number of hydrogen-bond donors (Lipinski definition) is 2. The highest BCUT2D eigenvalue weighted by Crippen LogP contribution is 2.26. The molecule has 0 aliphatic carbocycles. The Morgan fingerprint density at radius 2 is 2.09 bits per heavy atom. The molecule has 0 spiro atoms. The van der Waals surface area contributed by atoms with Gasteiger partial charge in [-0.05, 0) is 19.1 Å². The fraction of sp³-hybridized carbons (Fsp3) is 0.417.